The molecule has 3 aromatic rings. The van der Waals surface area contributed by atoms with Crippen LogP contribution in [0.15, 0.2) is 28.9 Å². The Labute approximate surface area is 151 Å². The number of nitrogens with zero attached hydrogens (tertiary/aromatic N) is 4. The van der Waals surface area contributed by atoms with Gasteiger partial charge in [-0.05, 0) is 37.0 Å². The number of carbonyl (C=O) groups excluding carboxylic acids is 1. The largest absolute Gasteiger partial charge is 0.344 e. The van der Waals surface area contributed by atoms with E-state index in [9.17, 15) is 4.79 Å². The first-order valence-corrected chi connectivity index (χ1v) is 8.81. The van der Waals surface area contributed by atoms with Gasteiger partial charge in [-0.1, -0.05) is 24.2 Å². The van der Waals surface area contributed by atoms with Gasteiger partial charge in [0, 0.05) is 19.0 Å². The van der Waals surface area contributed by atoms with E-state index in [1.807, 2.05) is 27.0 Å². The fraction of sp³-hybridized carbons (Fsp3) is 0.368. The zero-order valence-corrected chi connectivity index (χ0v) is 15.1. The highest BCUT2D eigenvalue weighted by Crippen LogP contribution is 2.34. The maximum Gasteiger partial charge on any atom is 0.270 e. The molecule has 1 aliphatic carbocycles. The quantitative estimate of drug-likeness (QED) is 0.781. The number of hydrogen-bond donors (Lipinski definition) is 1. The molecule has 134 valence electrons. The fourth-order valence-corrected chi connectivity index (χ4v) is 3.37. The van der Waals surface area contributed by atoms with Crippen LogP contribution in [0.1, 0.15) is 52.7 Å². The molecule has 1 aromatic carbocycles. The van der Waals surface area contributed by atoms with E-state index in [4.69, 9.17) is 4.52 Å². The number of carbonyl (C=O) groups is 1. The molecule has 0 spiro atoms. The molecule has 0 bridgehead atoms. The standard InChI is InChI=1S/C19H21N5O2/c1-4-17-22-18(23-26-17)13-5-7-14-12(9-13)6-8-15(14)21-19(25)16-10-20-11(2)24(16)3/h5,7,9-10,15H,4,6,8H2,1-3H3,(H,21,25). The van der Waals surface area contributed by atoms with Crippen LogP contribution in [-0.4, -0.2) is 25.6 Å². The van der Waals surface area contributed by atoms with Gasteiger partial charge in [0.15, 0.2) is 0 Å². The van der Waals surface area contributed by atoms with Gasteiger partial charge in [-0.3, -0.25) is 4.79 Å². The minimum absolute atomic E-state index is 0.0122. The lowest BCUT2D eigenvalue weighted by Gasteiger charge is -2.14. The summed E-state index contributed by atoms with van der Waals surface area (Å²) in [4.78, 5) is 21.1. The number of rotatable bonds is 4. The lowest BCUT2D eigenvalue weighted by Crippen LogP contribution is -2.28. The summed E-state index contributed by atoms with van der Waals surface area (Å²) in [5.41, 5.74) is 3.89. The SMILES string of the molecule is CCc1nc(-c2ccc3c(c2)CCC3NC(=O)c2cnc(C)n2C)no1. The molecule has 0 saturated heterocycles. The Balaban J connectivity index is 1.54. The summed E-state index contributed by atoms with van der Waals surface area (Å²) >= 11 is 0. The Hall–Kier alpha value is -2.96. The summed E-state index contributed by atoms with van der Waals surface area (Å²) in [7, 11) is 1.85. The molecule has 0 fully saturated rings. The molecule has 1 N–H and O–H groups in total. The Morgan fingerprint density at radius 3 is 2.96 bits per heavy atom. The van der Waals surface area contributed by atoms with Crippen LogP contribution >= 0.6 is 0 Å². The molecule has 4 rings (SSSR count). The van der Waals surface area contributed by atoms with Crippen LogP contribution < -0.4 is 5.32 Å². The van der Waals surface area contributed by atoms with E-state index in [1.54, 1.807) is 10.8 Å². The maximum absolute atomic E-state index is 12.6. The van der Waals surface area contributed by atoms with Gasteiger partial charge < -0.3 is 14.4 Å². The molecule has 7 nitrogen and oxygen atoms in total. The highest BCUT2D eigenvalue weighted by molar-refractivity contribution is 5.92. The molecule has 0 aliphatic heterocycles. The van der Waals surface area contributed by atoms with Crippen molar-refractivity contribution in [1.29, 1.82) is 0 Å². The number of benzene rings is 1. The van der Waals surface area contributed by atoms with Crippen molar-refractivity contribution in [3.8, 4) is 11.4 Å². The van der Waals surface area contributed by atoms with E-state index >= 15 is 0 Å². The van der Waals surface area contributed by atoms with E-state index in [-0.39, 0.29) is 11.9 Å². The Morgan fingerprint density at radius 2 is 2.27 bits per heavy atom. The zero-order chi connectivity index (χ0) is 18.3. The van der Waals surface area contributed by atoms with Crippen molar-refractivity contribution >= 4 is 5.91 Å². The minimum atomic E-state index is -0.0965. The van der Waals surface area contributed by atoms with Crippen LogP contribution in [-0.2, 0) is 19.9 Å². The molecule has 1 unspecified atom stereocenters. The highest BCUT2D eigenvalue weighted by Gasteiger charge is 2.26. The van der Waals surface area contributed by atoms with Crippen molar-refractivity contribution in [2.45, 2.75) is 39.2 Å². The molecule has 2 heterocycles. The van der Waals surface area contributed by atoms with Crippen molar-refractivity contribution in [3.05, 3.63) is 52.9 Å². The van der Waals surface area contributed by atoms with Crippen LogP contribution in [0.4, 0.5) is 0 Å². The van der Waals surface area contributed by atoms with Crippen molar-refractivity contribution < 1.29 is 9.32 Å². The third kappa shape index (κ3) is 2.79. The predicted molar refractivity (Wildman–Crippen MR) is 95.6 cm³/mol. The minimum Gasteiger partial charge on any atom is -0.344 e. The molecular formula is C19H21N5O2. The summed E-state index contributed by atoms with van der Waals surface area (Å²) in [6.45, 7) is 3.86. The molecule has 2 aromatic heterocycles. The average molecular weight is 351 g/mol. The molecule has 1 aliphatic rings. The van der Waals surface area contributed by atoms with E-state index in [0.29, 0.717) is 17.4 Å². The van der Waals surface area contributed by atoms with Crippen molar-refractivity contribution in [2.75, 3.05) is 0 Å². The summed E-state index contributed by atoms with van der Waals surface area (Å²) in [5, 5.41) is 7.16. The van der Waals surface area contributed by atoms with Crippen LogP contribution in [0.25, 0.3) is 11.4 Å². The van der Waals surface area contributed by atoms with Gasteiger partial charge in [0.1, 0.15) is 11.5 Å². The summed E-state index contributed by atoms with van der Waals surface area (Å²) in [6.07, 6.45) is 4.13. The van der Waals surface area contributed by atoms with Gasteiger partial charge in [-0.25, -0.2) is 4.98 Å². The second-order valence-corrected chi connectivity index (χ2v) is 6.59. The number of fused-ring (bicyclic) bond motifs is 1. The lowest BCUT2D eigenvalue weighted by molar-refractivity contribution is 0.0928. The average Bonchev–Trinajstić information content (AvgIpc) is 3.35. The third-order valence-electron chi connectivity index (χ3n) is 5.01. The number of hydrogen-bond acceptors (Lipinski definition) is 5. The first-order valence-electron chi connectivity index (χ1n) is 8.81. The monoisotopic (exact) mass is 351 g/mol. The van der Waals surface area contributed by atoms with Gasteiger partial charge in [-0.2, -0.15) is 4.98 Å². The Kier molecular flexibility index (Phi) is 4.06. The molecule has 7 heteroatoms. The molecule has 0 radical (unpaired) electrons. The van der Waals surface area contributed by atoms with Crippen molar-refractivity contribution in [1.82, 2.24) is 25.0 Å². The number of nitrogens with one attached hydrogen (secondary N) is 1. The maximum atomic E-state index is 12.6. The van der Waals surface area contributed by atoms with E-state index in [0.717, 1.165) is 36.2 Å². The predicted octanol–water partition coefficient (Wildman–Crippen LogP) is 2.76. The molecule has 26 heavy (non-hydrogen) atoms. The van der Waals surface area contributed by atoms with Crippen molar-refractivity contribution in [3.63, 3.8) is 0 Å². The summed E-state index contributed by atoms with van der Waals surface area (Å²) < 4.78 is 7.00. The third-order valence-corrected chi connectivity index (χ3v) is 5.01. The number of aromatic nitrogens is 4. The smallest absolute Gasteiger partial charge is 0.270 e. The second-order valence-electron chi connectivity index (χ2n) is 6.59. The summed E-state index contributed by atoms with van der Waals surface area (Å²) in [5.74, 6) is 1.97. The van der Waals surface area contributed by atoms with Gasteiger partial charge in [-0.15, -0.1) is 0 Å². The first kappa shape index (κ1) is 16.5. The van der Waals surface area contributed by atoms with Crippen LogP contribution in [0.2, 0.25) is 0 Å². The van der Waals surface area contributed by atoms with E-state index in [2.05, 4.69) is 32.6 Å². The van der Waals surface area contributed by atoms with Gasteiger partial charge in [0.2, 0.25) is 11.7 Å². The lowest BCUT2D eigenvalue weighted by atomic mass is 10.0. The fourth-order valence-electron chi connectivity index (χ4n) is 3.37. The van der Waals surface area contributed by atoms with Gasteiger partial charge in [0.05, 0.1) is 12.2 Å². The highest BCUT2D eigenvalue weighted by atomic mass is 16.5. The molecule has 0 saturated carbocycles. The van der Waals surface area contributed by atoms with Crippen LogP contribution in [0.5, 0.6) is 0 Å². The normalized spacial score (nSPS) is 15.9. The van der Waals surface area contributed by atoms with E-state index in [1.165, 1.54) is 5.56 Å². The first-order chi connectivity index (χ1) is 12.6. The molecular weight excluding hydrogens is 330 g/mol. The Morgan fingerprint density at radius 1 is 1.42 bits per heavy atom. The molecule has 1 amide bonds. The number of amides is 1. The van der Waals surface area contributed by atoms with E-state index < -0.39 is 0 Å². The number of aryl methyl sites for hydroxylation is 3. The zero-order valence-electron chi connectivity index (χ0n) is 15.1. The van der Waals surface area contributed by atoms with Crippen molar-refractivity contribution in [2.24, 2.45) is 7.05 Å². The Bertz CT molecular complexity index is 972. The summed E-state index contributed by atoms with van der Waals surface area (Å²) in [6, 6.07) is 6.15. The molecule has 1 atom stereocenters. The second kappa shape index (κ2) is 6.40. The van der Waals surface area contributed by atoms with Crippen LogP contribution in [0, 0.1) is 6.92 Å². The number of imidazole rings is 1. The van der Waals surface area contributed by atoms with Gasteiger partial charge in [0.25, 0.3) is 5.91 Å². The van der Waals surface area contributed by atoms with Crippen LogP contribution in [0.3, 0.4) is 0 Å². The van der Waals surface area contributed by atoms with Gasteiger partial charge >= 0.3 is 0 Å². The topological polar surface area (TPSA) is 85.8 Å².